The Labute approximate surface area is 173 Å². The first-order chi connectivity index (χ1) is 14.5. The maximum absolute atomic E-state index is 12.7. The van der Waals surface area contributed by atoms with Gasteiger partial charge >= 0.3 is 0 Å². The largest absolute Gasteiger partial charge is 0.351 e. The van der Waals surface area contributed by atoms with Crippen LogP contribution in [-0.4, -0.2) is 63.6 Å². The molecule has 8 heteroatoms. The second kappa shape index (κ2) is 8.06. The topological polar surface area (TPSA) is 99.7 Å². The Morgan fingerprint density at radius 1 is 1.03 bits per heavy atom. The zero-order valence-electron chi connectivity index (χ0n) is 16.6. The summed E-state index contributed by atoms with van der Waals surface area (Å²) in [5.41, 5.74) is 1.19. The summed E-state index contributed by atoms with van der Waals surface area (Å²) in [6.45, 7) is 2.58. The predicted molar refractivity (Wildman–Crippen MR) is 108 cm³/mol. The van der Waals surface area contributed by atoms with E-state index in [0.29, 0.717) is 42.6 Å². The van der Waals surface area contributed by atoms with Gasteiger partial charge in [0.25, 0.3) is 17.7 Å². The Hall–Kier alpha value is -3.55. The van der Waals surface area contributed by atoms with E-state index in [-0.39, 0.29) is 17.9 Å². The number of aromatic nitrogens is 1. The van der Waals surface area contributed by atoms with Crippen molar-refractivity contribution in [2.24, 2.45) is 0 Å². The average molecular weight is 406 g/mol. The quantitative estimate of drug-likeness (QED) is 0.776. The number of nitrogens with zero attached hydrogens (tertiary/aromatic N) is 3. The van der Waals surface area contributed by atoms with Crippen LogP contribution in [0.1, 0.15) is 50.8 Å². The van der Waals surface area contributed by atoms with E-state index in [0.717, 1.165) is 4.90 Å². The average Bonchev–Trinajstić information content (AvgIpc) is 3.04. The molecule has 1 saturated heterocycles. The van der Waals surface area contributed by atoms with E-state index in [1.165, 1.54) is 0 Å². The van der Waals surface area contributed by atoms with Gasteiger partial charge in [0, 0.05) is 31.5 Å². The number of hydrogen-bond acceptors (Lipinski definition) is 5. The fraction of sp³-hybridized carbons (Fsp3) is 0.318. The molecule has 30 heavy (non-hydrogen) atoms. The van der Waals surface area contributed by atoms with Crippen molar-refractivity contribution in [3.8, 4) is 0 Å². The fourth-order valence-electron chi connectivity index (χ4n) is 3.90. The van der Waals surface area contributed by atoms with E-state index in [2.05, 4.69) is 10.3 Å². The number of carbonyl (C=O) groups excluding carboxylic acids is 4. The summed E-state index contributed by atoms with van der Waals surface area (Å²) in [5, 5.41) is 2.93. The number of fused-ring (bicyclic) bond motifs is 1. The minimum absolute atomic E-state index is 0.0766. The van der Waals surface area contributed by atoms with Gasteiger partial charge in [-0.1, -0.05) is 12.1 Å². The van der Waals surface area contributed by atoms with Crippen molar-refractivity contribution >= 4 is 23.6 Å². The molecule has 3 heterocycles. The van der Waals surface area contributed by atoms with Crippen LogP contribution >= 0.6 is 0 Å². The lowest BCUT2D eigenvalue weighted by molar-refractivity contribution is -0.125. The molecule has 2 aliphatic heterocycles. The van der Waals surface area contributed by atoms with E-state index < -0.39 is 17.9 Å². The highest BCUT2D eigenvalue weighted by molar-refractivity contribution is 6.22. The molecule has 4 amide bonds. The second-order valence-electron chi connectivity index (χ2n) is 7.52. The summed E-state index contributed by atoms with van der Waals surface area (Å²) in [6.07, 6.45) is 4.37. The molecule has 0 radical (unpaired) electrons. The molecule has 1 fully saturated rings. The van der Waals surface area contributed by atoms with Crippen LogP contribution in [0.4, 0.5) is 0 Å². The molecule has 154 valence electrons. The van der Waals surface area contributed by atoms with Crippen molar-refractivity contribution in [1.29, 1.82) is 0 Å². The number of nitrogens with one attached hydrogen (secondary N) is 1. The van der Waals surface area contributed by atoms with Gasteiger partial charge in [-0.2, -0.15) is 0 Å². The van der Waals surface area contributed by atoms with Crippen molar-refractivity contribution in [3.05, 3.63) is 65.5 Å². The lowest BCUT2D eigenvalue weighted by Gasteiger charge is -2.33. The molecule has 0 saturated carbocycles. The molecule has 1 aromatic carbocycles. The van der Waals surface area contributed by atoms with Crippen LogP contribution in [0, 0.1) is 0 Å². The van der Waals surface area contributed by atoms with Gasteiger partial charge in [-0.3, -0.25) is 29.1 Å². The van der Waals surface area contributed by atoms with Gasteiger partial charge in [0.2, 0.25) is 5.91 Å². The summed E-state index contributed by atoms with van der Waals surface area (Å²) in [4.78, 5) is 57.1. The highest BCUT2D eigenvalue weighted by atomic mass is 16.2. The third-order valence-corrected chi connectivity index (χ3v) is 5.63. The number of pyridine rings is 1. The molecule has 8 nitrogen and oxygen atoms in total. The van der Waals surface area contributed by atoms with Crippen LogP contribution in [0.15, 0.2) is 48.8 Å². The molecular formula is C22H22N4O4. The fourth-order valence-corrected chi connectivity index (χ4v) is 3.90. The van der Waals surface area contributed by atoms with Crippen LogP contribution in [0.5, 0.6) is 0 Å². The molecule has 0 bridgehead atoms. The van der Waals surface area contributed by atoms with Crippen LogP contribution in [0.3, 0.4) is 0 Å². The van der Waals surface area contributed by atoms with E-state index in [1.807, 2.05) is 0 Å². The number of likely N-dealkylation sites (tertiary alicyclic amines) is 1. The number of benzene rings is 1. The molecule has 1 unspecified atom stereocenters. The Balaban J connectivity index is 1.34. The highest BCUT2D eigenvalue weighted by Crippen LogP contribution is 2.24. The van der Waals surface area contributed by atoms with Gasteiger partial charge < -0.3 is 10.2 Å². The zero-order chi connectivity index (χ0) is 21.3. The highest BCUT2D eigenvalue weighted by Gasteiger charge is 2.41. The van der Waals surface area contributed by atoms with E-state index in [9.17, 15) is 19.2 Å². The number of carbonyl (C=O) groups is 4. The maximum Gasteiger partial charge on any atom is 0.262 e. The maximum atomic E-state index is 12.7. The predicted octanol–water partition coefficient (Wildman–Crippen LogP) is 1.49. The van der Waals surface area contributed by atoms with Crippen molar-refractivity contribution in [2.45, 2.75) is 31.8 Å². The SMILES string of the molecule is CC(C(=O)NC1CCN(C(=O)c2cccnc2)CC1)N1C(=O)c2ccccc2C1=O. The lowest BCUT2D eigenvalue weighted by Crippen LogP contribution is -2.53. The molecule has 2 aliphatic rings. The summed E-state index contributed by atoms with van der Waals surface area (Å²) < 4.78 is 0. The first kappa shape index (κ1) is 19.8. The molecule has 0 aliphatic carbocycles. The van der Waals surface area contributed by atoms with Crippen molar-refractivity contribution in [2.75, 3.05) is 13.1 Å². The van der Waals surface area contributed by atoms with E-state index in [4.69, 9.17) is 0 Å². The van der Waals surface area contributed by atoms with Crippen LogP contribution in [0.25, 0.3) is 0 Å². The van der Waals surface area contributed by atoms with Crippen molar-refractivity contribution in [3.63, 3.8) is 0 Å². The van der Waals surface area contributed by atoms with Gasteiger partial charge in [0.05, 0.1) is 16.7 Å². The van der Waals surface area contributed by atoms with Gasteiger partial charge in [-0.15, -0.1) is 0 Å². The van der Waals surface area contributed by atoms with Crippen LogP contribution < -0.4 is 5.32 Å². The second-order valence-corrected chi connectivity index (χ2v) is 7.52. The number of imide groups is 1. The third kappa shape index (κ3) is 3.56. The van der Waals surface area contributed by atoms with E-state index in [1.54, 1.807) is 60.6 Å². The summed E-state index contributed by atoms with van der Waals surface area (Å²) in [7, 11) is 0. The Morgan fingerprint density at radius 2 is 1.67 bits per heavy atom. The molecule has 1 N–H and O–H groups in total. The minimum atomic E-state index is -0.910. The van der Waals surface area contributed by atoms with Crippen molar-refractivity contribution < 1.29 is 19.2 Å². The first-order valence-electron chi connectivity index (χ1n) is 9.94. The van der Waals surface area contributed by atoms with Gasteiger partial charge in [-0.05, 0) is 44.0 Å². The molecule has 1 atom stereocenters. The standard InChI is InChI=1S/C22H22N4O4/c1-14(26-21(29)17-6-2-3-7-18(17)22(26)30)19(27)24-16-8-11-25(12-9-16)20(28)15-5-4-10-23-13-15/h2-7,10,13-14,16H,8-9,11-12H2,1H3,(H,24,27). The Morgan fingerprint density at radius 3 is 2.23 bits per heavy atom. The number of piperidine rings is 1. The molecular weight excluding hydrogens is 384 g/mol. The zero-order valence-corrected chi connectivity index (χ0v) is 16.6. The number of hydrogen-bond donors (Lipinski definition) is 1. The molecule has 4 rings (SSSR count). The molecule has 2 aromatic rings. The van der Waals surface area contributed by atoms with Gasteiger partial charge in [0.1, 0.15) is 6.04 Å². The van der Waals surface area contributed by atoms with Crippen molar-refractivity contribution in [1.82, 2.24) is 20.1 Å². The number of rotatable bonds is 4. The lowest BCUT2D eigenvalue weighted by atomic mass is 10.0. The van der Waals surface area contributed by atoms with Crippen LogP contribution in [-0.2, 0) is 4.79 Å². The smallest absolute Gasteiger partial charge is 0.262 e. The molecule has 1 aromatic heterocycles. The molecule has 0 spiro atoms. The minimum Gasteiger partial charge on any atom is -0.351 e. The van der Waals surface area contributed by atoms with E-state index >= 15 is 0 Å². The van der Waals surface area contributed by atoms with Crippen LogP contribution in [0.2, 0.25) is 0 Å². The summed E-state index contributed by atoms with van der Waals surface area (Å²) >= 11 is 0. The summed E-state index contributed by atoms with van der Waals surface area (Å²) in [6, 6.07) is 9.00. The third-order valence-electron chi connectivity index (χ3n) is 5.63. The van der Waals surface area contributed by atoms with Gasteiger partial charge in [-0.25, -0.2) is 0 Å². The number of amides is 4. The Bertz CT molecular complexity index is 964. The normalized spacial score (nSPS) is 17.6. The first-order valence-corrected chi connectivity index (χ1v) is 9.94. The monoisotopic (exact) mass is 406 g/mol. The summed E-state index contributed by atoms with van der Waals surface area (Å²) in [5.74, 6) is -1.35. The Kier molecular flexibility index (Phi) is 5.31. The van der Waals surface area contributed by atoms with Gasteiger partial charge in [0.15, 0.2) is 0 Å².